The molecule has 4 nitrogen and oxygen atoms in total. The van der Waals surface area contributed by atoms with Gasteiger partial charge in [-0.05, 0) is 58.9 Å². The summed E-state index contributed by atoms with van der Waals surface area (Å²) in [4.78, 5) is 12.2. The van der Waals surface area contributed by atoms with Crippen molar-refractivity contribution in [2.75, 3.05) is 20.2 Å². The van der Waals surface area contributed by atoms with Crippen molar-refractivity contribution in [2.45, 2.75) is 32.7 Å². The molecule has 1 atom stereocenters. The maximum Gasteiger partial charge on any atom is 0.251 e. The summed E-state index contributed by atoms with van der Waals surface area (Å²) in [5.41, 5.74) is 0.850. The van der Waals surface area contributed by atoms with E-state index in [-0.39, 0.29) is 23.7 Å². The first-order valence-electron chi connectivity index (χ1n) is 7.29. The number of benzene rings is 1. The summed E-state index contributed by atoms with van der Waals surface area (Å²) in [5.74, 6) is 0.670. The van der Waals surface area contributed by atoms with E-state index in [0.29, 0.717) is 18.2 Å². The first-order chi connectivity index (χ1) is 9.94. The Morgan fingerprint density at radius 1 is 1.50 bits per heavy atom. The highest BCUT2D eigenvalue weighted by Gasteiger charge is 2.31. The molecule has 6 heteroatoms. The zero-order valence-electron chi connectivity index (χ0n) is 13.2. The minimum absolute atomic E-state index is 0. The highest BCUT2D eigenvalue weighted by molar-refractivity contribution is 9.10. The van der Waals surface area contributed by atoms with Crippen LogP contribution in [0.25, 0.3) is 0 Å². The number of rotatable bonds is 4. The topological polar surface area (TPSA) is 50.4 Å². The van der Waals surface area contributed by atoms with Crippen LogP contribution in [0.3, 0.4) is 0 Å². The molecule has 1 aliphatic rings. The van der Waals surface area contributed by atoms with Gasteiger partial charge >= 0.3 is 0 Å². The van der Waals surface area contributed by atoms with Crippen LogP contribution in [0.15, 0.2) is 22.7 Å². The van der Waals surface area contributed by atoms with Crippen molar-refractivity contribution in [3.8, 4) is 5.75 Å². The number of amides is 1. The monoisotopic (exact) mass is 390 g/mol. The van der Waals surface area contributed by atoms with Gasteiger partial charge in [0.2, 0.25) is 0 Å². The Morgan fingerprint density at radius 2 is 2.23 bits per heavy atom. The van der Waals surface area contributed by atoms with Crippen molar-refractivity contribution >= 4 is 34.2 Å². The van der Waals surface area contributed by atoms with Crippen LogP contribution in [0.1, 0.15) is 37.0 Å². The number of methoxy groups -OCH3 is 1. The SMILES string of the molecule is COc1ccc(C(=O)NCC2NCCCC2(C)C)cc1Br.Cl. The van der Waals surface area contributed by atoms with Crippen molar-refractivity contribution < 1.29 is 9.53 Å². The zero-order valence-corrected chi connectivity index (χ0v) is 15.6. The Hall–Kier alpha value is -0.780. The smallest absolute Gasteiger partial charge is 0.251 e. The Labute approximate surface area is 146 Å². The van der Waals surface area contributed by atoms with Crippen LogP contribution in [0.4, 0.5) is 0 Å². The van der Waals surface area contributed by atoms with E-state index < -0.39 is 0 Å². The molecule has 124 valence electrons. The van der Waals surface area contributed by atoms with E-state index in [1.54, 1.807) is 25.3 Å². The Morgan fingerprint density at radius 3 is 2.82 bits per heavy atom. The first-order valence-corrected chi connectivity index (χ1v) is 8.08. The number of hydrogen-bond acceptors (Lipinski definition) is 3. The molecule has 1 fully saturated rings. The van der Waals surface area contributed by atoms with Crippen molar-refractivity contribution in [1.82, 2.24) is 10.6 Å². The van der Waals surface area contributed by atoms with Gasteiger partial charge in [0.1, 0.15) is 5.75 Å². The van der Waals surface area contributed by atoms with Crippen LogP contribution in [-0.4, -0.2) is 32.1 Å². The van der Waals surface area contributed by atoms with Gasteiger partial charge < -0.3 is 15.4 Å². The molecule has 22 heavy (non-hydrogen) atoms. The molecule has 2 rings (SSSR count). The molecule has 0 aromatic heterocycles. The lowest BCUT2D eigenvalue weighted by molar-refractivity contribution is 0.0928. The standard InChI is InChI=1S/C16H23BrN2O2.ClH/c1-16(2)7-4-8-18-14(16)10-19-15(20)11-5-6-13(21-3)12(17)9-11;/h5-6,9,14,18H,4,7-8,10H2,1-3H3,(H,19,20);1H. The molecule has 2 N–H and O–H groups in total. The molecule has 1 aromatic rings. The van der Waals surface area contributed by atoms with Gasteiger partial charge in [0.15, 0.2) is 0 Å². The maximum atomic E-state index is 12.2. The number of carbonyl (C=O) groups is 1. The van der Waals surface area contributed by atoms with Gasteiger partial charge in [-0.2, -0.15) is 0 Å². The molecule has 1 saturated heterocycles. The van der Waals surface area contributed by atoms with Crippen molar-refractivity contribution in [3.63, 3.8) is 0 Å². The Balaban J connectivity index is 0.00000242. The lowest BCUT2D eigenvalue weighted by atomic mass is 9.77. The summed E-state index contributed by atoms with van der Waals surface area (Å²) in [6, 6.07) is 5.67. The van der Waals surface area contributed by atoms with Gasteiger partial charge in [0.25, 0.3) is 5.91 Å². The third kappa shape index (κ3) is 4.61. The molecular weight excluding hydrogens is 368 g/mol. The van der Waals surface area contributed by atoms with E-state index in [0.717, 1.165) is 16.8 Å². The third-order valence-corrected chi connectivity index (χ3v) is 4.83. The summed E-state index contributed by atoms with van der Waals surface area (Å²) < 4.78 is 5.96. The van der Waals surface area contributed by atoms with Crippen LogP contribution in [0.5, 0.6) is 5.75 Å². The molecule has 0 aliphatic carbocycles. The van der Waals surface area contributed by atoms with Crippen LogP contribution >= 0.6 is 28.3 Å². The molecule has 0 spiro atoms. The average Bonchev–Trinajstić information content (AvgIpc) is 2.45. The van der Waals surface area contributed by atoms with E-state index in [9.17, 15) is 4.79 Å². The largest absolute Gasteiger partial charge is 0.496 e. The fourth-order valence-corrected chi connectivity index (χ4v) is 3.26. The van der Waals surface area contributed by atoms with Crippen molar-refractivity contribution in [2.24, 2.45) is 5.41 Å². The molecule has 1 amide bonds. The quantitative estimate of drug-likeness (QED) is 0.827. The number of hydrogen-bond donors (Lipinski definition) is 2. The Bertz CT molecular complexity index is 523. The van der Waals surface area contributed by atoms with Crippen LogP contribution in [-0.2, 0) is 0 Å². The van der Waals surface area contributed by atoms with E-state index in [2.05, 4.69) is 40.4 Å². The minimum Gasteiger partial charge on any atom is -0.496 e. The highest BCUT2D eigenvalue weighted by Crippen LogP contribution is 2.30. The van der Waals surface area contributed by atoms with E-state index in [4.69, 9.17) is 4.74 Å². The third-order valence-electron chi connectivity index (χ3n) is 4.21. The first kappa shape index (κ1) is 19.3. The van der Waals surface area contributed by atoms with Gasteiger partial charge in [-0.15, -0.1) is 12.4 Å². The predicted molar refractivity (Wildman–Crippen MR) is 95.1 cm³/mol. The van der Waals surface area contributed by atoms with Gasteiger partial charge in [-0.3, -0.25) is 4.79 Å². The summed E-state index contributed by atoms with van der Waals surface area (Å²) in [5, 5.41) is 6.53. The number of piperidine rings is 1. The molecule has 1 unspecified atom stereocenters. The van der Waals surface area contributed by atoms with Crippen molar-refractivity contribution in [3.05, 3.63) is 28.2 Å². The molecule has 0 radical (unpaired) electrons. The fraction of sp³-hybridized carbons (Fsp3) is 0.562. The van der Waals surface area contributed by atoms with Crippen molar-refractivity contribution in [1.29, 1.82) is 0 Å². The molecule has 0 saturated carbocycles. The molecule has 1 heterocycles. The van der Waals surface area contributed by atoms with E-state index in [1.807, 2.05) is 0 Å². The van der Waals surface area contributed by atoms with Gasteiger partial charge in [-0.1, -0.05) is 13.8 Å². The Kier molecular flexibility index (Phi) is 7.16. The van der Waals surface area contributed by atoms with Gasteiger partial charge in [0, 0.05) is 18.2 Å². The summed E-state index contributed by atoms with van der Waals surface area (Å²) >= 11 is 3.40. The summed E-state index contributed by atoms with van der Waals surface area (Å²) in [6.45, 7) is 6.17. The lowest BCUT2D eigenvalue weighted by Gasteiger charge is -2.39. The summed E-state index contributed by atoms with van der Waals surface area (Å²) in [6.07, 6.45) is 2.39. The normalized spacial score (nSPS) is 19.9. The van der Waals surface area contributed by atoms with Crippen LogP contribution in [0, 0.1) is 5.41 Å². The average molecular weight is 392 g/mol. The summed E-state index contributed by atoms with van der Waals surface area (Å²) in [7, 11) is 1.61. The number of carbonyl (C=O) groups excluding carboxylic acids is 1. The molecule has 1 aliphatic heterocycles. The molecular formula is C16H24BrClN2O2. The second-order valence-corrected chi connectivity index (χ2v) is 7.01. The molecule has 1 aromatic carbocycles. The van der Waals surface area contributed by atoms with Gasteiger partial charge in [0.05, 0.1) is 11.6 Å². The van der Waals surface area contributed by atoms with Gasteiger partial charge in [-0.25, -0.2) is 0 Å². The predicted octanol–water partition coefficient (Wildman–Crippen LogP) is 3.39. The zero-order chi connectivity index (χ0) is 15.5. The highest BCUT2D eigenvalue weighted by atomic mass is 79.9. The second-order valence-electron chi connectivity index (χ2n) is 6.16. The van der Waals surface area contributed by atoms with Crippen LogP contribution in [0.2, 0.25) is 0 Å². The minimum atomic E-state index is -0.0541. The molecule has 0 bridgehead atoms. The second kappa shape index (κ2) is 8.18. The maximum absolute atomic E-state index is 12.2. The number of ether oxygens (including phenoxy) is 1. The van der Waals surface area contributed by atoms with E-state index >= 15 is 0 Å². The fourth-order valence-electron chi connectivity index (χ4n) is 2.72. The number of nitrogens with one attached hydrogen (secondary N) is 2. The van der Waals surface area contributed by atoms with E-state index in [1.165, 1.54) is 12.8 Å². The van der Waals surface area contributed by atoms with Crippen LogP contribution < -0.4 is 15.4 Å². The lowest BCUT2D eigenvalue weighted by Crippen LogP contribution is -2.52. The number of halogens is 2.